The summed E-state index contributed by atoms with van der Waals surface area (Å²) in [5.74, 6) is -0.644. The average molecular weight is 359 g/mol. The number of amides is 1. The van der Waals surface area contributed by atoms with Crippen LogP contribution in [-0.2, 0) is 14.8 Å². The molecule has 22 heavy (non-hydrogen) atoms. The van der Waals surface area contributed by atoms with Gasteiger partial charge in [0, 0.05) is 18.7 Å². The molecule has 0 aliphatic heterocycles. The first kappa shape index (κ1) is 15.4. The van der Waals surface area contributed by atoms with E-state index in [1.807, 2.05) is 16.0 Å². The first-order chi connectivity index (χ1) is 10.4. The molecule has 0 aromatic carbocycles. The van der Waals surface area contributed by atoms with Crippen LogP contribution < -0.4 is 4.72 Å². The Bertz CT molecular complexity index is 937. The molecular weight excluding hydrogens is 346 g/mol. The van der Waals surface area contributed by atoms with E-state index in [2.05, 4.69) is 9.71 Å². The molecule has 3 heterocycles. The number of ether oxygens (including phenoxy) is 1. The lowest BCUT2D eigenvalue weighted by Gasteiger charge is -2.12. The minimum absolute atomic E-state index is 0.0208. The number of imidazole rings is 1. The van der Waals surface area contributed by atoms with E-state index in [0.29, 0.717) is 9.71 Å². The first-order valence-corrected chi connectivity index (χ1v) is 9.56. The fourth-order valence-corrected chi connectivity index (χ4v) is 4.61. The zero-order valence-corrected chi connectivity index (χ0v) is 14.2. The van der Waals surface area contributed by atoms with Gasteiger partial charge in [-0.3, -0.25) is 9.20 Å². The van der Waals surface area contributed by atoms with Gasteiger partial charge in [-0.05, 0) is 13.0 Å². The number of thiazole rings is 1. The summed E-state index contributed by atoms with van der Waals surface area (Å²) in [6, 6.07) is 1.65. The highest BCUT2D eigenvalue weighted by molar-refractivity contribution is 7.90. The molecule has 3 aromatic rings. The van der Waals surface area contributed by atoms with Crippen LogP contribution in [0.4, 0.5) is 0 Å². The summed E-state index contributed by atoms with van der Waals surface area (Å²) in [6.45, 7) is 1.50. The fraction of sp³-hybridized carbons (Fsp3) is 0.333. The number of nitrogens with zero attached hydrogens (tertiary/aromatic N) is 2. The van der Waals surface area contributed by atoms with Gasteiger partial charge in [-0.25, -0.2) is 18.1 Å². The Labute approximate surface area is 134 Å². The molecular formula is C12H13N3O4S3. The molecule has 1 amide bonds. The smallest absolute Gasteiger partial charge is 0.274 e. The second kappa shape index (κ2) is 5.61. The zero-order valence-electron chi connectivity index (χ0n) is 11.8. The Morgan fingerprint density at radius 2 is 2.32 bits per heavy atom. The number of rotatable bonds is 5. The molecule has 7 nitrogen and oxygen atoms in total. The zero-order chi connectivity index (χ0) is 15.9. The van der Waals surface area contributed by atoms with Crippen molar-refractivity contribution in [2.75, 3.05) is 13.7 Å². The van der Waals surface area contributed by atoms with Gasteiger partial charge in [0.1, 0.15) is 10.1 Å². The molecule has 3 aromatic heterocycles. The van der Waals surface area contributed by atoms with Crippen molar-refractivity contribution < 1.29 is 17.9 Å². The number of fused-ring (bicyclic) bond motifs is 3. The first-order valence-electron chi connectivity index (χ1n) is 6.32. The van der Waals surface area contributed by atoms with Crippen LogP contribution in [0.2, 0.25) is 0 Å². The van der Waals surface area contributed by atoms with Crippen LogP contribution in [0.5, 0.6) is 0 Å². The molecule has 0 unspecified atom stereocenters. The predicted octanol–water partition coefficient (Wildman–Crippen LogP) is 1.71. The number of hydrogen-bond acceptors (Lipinski definition) is 7. The third-order valence-corrected chi connectivity index (χ3v) is 6.57. The quantitative estimate of drug-likeness (QED) is 0.749. The van der Waals surface area contributed by atoms with Crippen molar-refractivity contribution in [1.82, 2.24) is 14.1 Å². The van der Waals surface area contributed by atoms with Gasteiger partial charge in [0.25, 0.3) is 5.91 Å². The van der Waals surface area contributed by atoms with Gasteiger partial charge in [0.2, 0.25) is 10.0 Å². The third-order valence-electron chi connectivity index (χ3n) is 3.13. The lowest BCUT2D eigenvalue weighted by molar-refractivity contribution is 0.0984. The highest BCUT2D eigenvalue weighted by atomic mass is 32.2. The van der Waals surface area contributed by atoms with Crippen molar-refractivity contribution >= 4 is 53.9 Å². The molecule has 0 saturated carbocycles. The summed E-state index contributed by atoms with van der Waals surface area (Å²) < 4.78 is 32.8. The molecule has 0 aliphatic rings. The molecule has 0 spiro atoms. The Hall–Kier alpha value is -1.49. The Morgan fingerprint density at radius 3 is 3.05 bits per heavy atom. The minimum atomic E-state index is -3.77. The van der Waals surface area contributed by atoms with Crippen molar-refractivity contribution in [2.45, 2.75) is 12.2 Å². The van der Waals surface area contributed by atoms with Crippen molar-refractivity contribution in [2.24, 2.45) is 0 Å². The monoisotopic (exact) mass is 359 g/mol. The largest absolute Gasteiger partial charge is 0.383 e. The molecule has 118 valence electrons. The van der Waals surface area contributed by atoms with Crippen molar-refractivity contribution in [3.63, 3.8) is 0 Å². The lowest BCUT2D eigenvalue weighted by atomic mass is 10.4. The number of hydrogen-bond donors (Lipinski definition) is 1. The summed E-state index contributed by atoms with van der Waals surface area (Å²) in [4.78, 5) is 18.4. The van der Waals surface area contributed by atoms with E-state index in [-0.39, 0.29) is 6.61 Å². The summed E-state index contributed by atoms with van der Waals surface area (Å²) in [5, 5.41) is 1.09. The van der Waals surface area contributed by atoms with E-state index >= 15 is 0 Å². The van der Waals surface area contributed by atoms with Gasteiger partial charge in [-0.1, -0.05) is 0 Å². The molecule has 0 radical (unpaired) electrons. The van der Waals surface area contributed by atoms with Crippen LogP contribution in [0, 0.1) is 0 Å². The SMILES string of the molecule is COC[C@@H](C)S(=O)(=O)NC(=O)c1cc2c(nc3sccn32)s1. The number of thiophene rings is 1. The number of aromatic nitrogens is 2. The third kappa shape index (κ3) is 2.62. The van der Waals surface area contributed by atoms with Gasteiger partial charge in [-0.15, -0.1) is 22.7 Å². The second-order valence-electron chi connectivity index (χ2n) is 4.71. The van der Waals surface area contributed by atoms with Gasteiger partial charge in [-0.2, -0.15) is 0 Å². The Morgan fingerprint density at radius 1 is 1.55 bits per heavy atom. The standard InChI is InChI=1S/C12H13N3O4S3/c1-7(6-19-2)22(17,18)14-10(16)9-5-8-11(21-9)13-12-15(8)3-4-20-12/h3-5,7H,6H2,1-2H3,(H,14,16)/t7-/m1/s1. The number of sulfonamides is 1. The molecule has 10 heteroatoms. The van der Waals surface area contributed by atoms with Crippen LogP contribution >= 0.6 is 22.7 Å². The Balaban J connectivity index is 1.87. The van der Waals surface area contributed by atoms with E-state index in [0.717, 1.165) is 10.5 Å². The maximum Gasteiger partial charge on any atom is 0.274 e. The summed E-state index contributed by atoms with van der Waals surface area (Å²) in [7, 11) is -2.35. The molecule has 1 atom stereocenters. The van der Waals surface area contributed by atoms with Gasteiger partial charge in [0.15, 0.2) is 4.96 Å². The van der Waals surface area contributed by atoms with Gasteiger partial charge >= 0.3 is 0 Å². The van der Waals surface area contributed by atoms with Crippen LogP contribution in [-0.4, -0.2) is 42.7 Å². The van der Waals surface area contributed by atoms with E-state index in [9.17, 15) is 13.2 Å². The number of carbonyl (C=O) groups excluding carboxylic acids is 1. The summed E-state index contributed by atoms with van der Waals surface area (Å²) in [6.07, 6.45) is 1.86. The van der Waals surface area contributed by atoms with Gasteiger partial charge < -0.3 is 4.74 Å². The van der Waals surface area contributed by atoms with E-state index in [4.69, 9.17) is 4.74 Å². The van der Waals surface area contributed by atoms with Crippen LogP contribution in [0.25, 0.3) is 15.3 Å². The fourth-order valence-electron chi connectivity index (χ4n) is 1.96. The highest BCUT2D eigenvalue weighted by Gasteiger charge is 2.25. The number of nitrogens with one attached hydrogen (secondary N) is 1. The molecule has 0 saturated heterocycles. The van der Waals surface area contributed by atoms with Crippen LogP contribution in [0.3, 0.4) is 0 Å². The molecule has 3 rings (SSSR count). The average Bonchev–Trinajstić information content (AvgIpc) is 3.09. The van der Waals surface area contributed by atoms with Crippen LogP contribution in [0.15, 0.2) is 17.6 Å². The van der Waals surface area contributed by atoms with Gasteiger partial charge in [0.05, 0.1) is 17.0 Å². The lowest BCUT2D eigenvalue weighted by Crippen LogP contribution is -2.38. The van der Waals surface area contributed by atoms with Crippen LogP contribution in [0.1, 0.15) is 16.6 Å². The van der Waals surface area contributed by atoms with Crippen molar-refractivity contribution in [3.05, 3.63) is 22.5 Å². The van der Waals surface area contributed by atoms with E-state index in [1.165, 1.54) is 36.7 Å². The molecule has 0 fully saturated rings. The maximum absolute atomic E-state index is 12.2. The topological polar surface area (TPSA) is 89.8 Å². The maximum atomic E-state index is 12.2. The van der Waals surface area contributed by atoms with Crippen molar-refractivity contribution in [1.29, 1.82) is 0 Å². The predicted molar refractivity (Wildman–Crippen MR) is 86.2 cm³/mol. The normalized spacial score (nSPS) is 13.7. The van der Waals surface area contributed by atoms with E-state index in [1.54, 1.807) is 6.07 Å². The number of carbonyl (C=O) groups is 1. The number of methoxy groups -OCH3 is 1. The minimum Gasteiger partial charge on any atom is -0.383 e. The summed E-state index contributed by atoms with van der Waals surface area (Å²) in [5.41, 5.74) is 0.800. The molecule has 1 N–H and O–H groups in total. The van der Waals surface area contributed by atoms with E-state index < -0.39 is 21.2 Å². The van der Waals surface area contributed by atoms with Crippen molar-refractivity contribution in [3.8, 4) is 0 Å². The highest BCUT2D eigenvalue weighted by Crippen LogP contribution is 2.28. The Kier molecular flexibility index (Phi) is 3.93. The molecule has 0 bridgehead atoms. The summed E-state index contributed by atoms with van der Waals surface area (Å²) >= 11 is 2.67. The molecule has 0 aliphatic carbocycles. The second-order valence-corrected chi connectivity index (χ2v) is 8.71.